The highest BCUT2D eigenvalue weighted by Gasteiger charge is 2.26. The molecule has 0 aromatic heterocycles. The van der Waals surface area contributed by atoms with Crippen LogP contribution < -0.4 is 19.5 Å². The molecule has 136 valence electrons. The van der Waals surface area contributed by atoms with Crippen LogP contribution in [0.4, 0.5) is 0 Å². The minimum atomic E-state index is 0. The van der Waals surface area contributed by atoms with Crippen molar-refractivity contribution in [3.8, 4) is 17.2 Å². The Morgan fingerprint density at radius 2 is 1.83 bits per heavy atom. The lowest BCUT2D eigenvalue weighted by Gasteiger charge is -2.18. The smallest absolute Gasteiger partial charge is 0.227 e. The summed E-state index contributed by atoms with van der Waals surface area (Å²) in [6.45, 7) is 2.60. The van der Waals surface area contributed by atoms with E-state index in [9.17, 15) is 4.79 Å². The van der Waals surface area contributed by atoms with E-state index in [4.69, 9.17) is 14.2 Å². The molecule has 24 heavy (non-hydrogen) atoms. The van der Waals surface area contributed by atoms with E-state index in [0.29, 0.717) is 29.6 Å². The molecule has 0 spiro atoms. The van der Waals surface area contributed by atoms with Gasteiger partial charge in [-0.05, 0) is 43.6 Å². The summed E-state index contributed by atoms with van der Waals surface area (Å²) < 4.78 is 16.0. The van der Waals surface area contributed by atoms with Crippen molar-refractivity contribution in [3.05, 3.63) is 17.7 Å². The lowest BCUT2D eigenvalue weighted by atomic mass is 10.1. The quantitative estimate of drug-likeness (QED) is 0.804. The number of rotatable bonds is 7. The predicted octanol–water partition coefficient (Wildman–Crippen LogP) is 1.74. The highest BCUT2D eigenvalue weighted by Crippen LogP contribution is 2.38. The van der Waals surface area contributed by atoms with Gasteiger partial charge in [0.05, 0.1) is 27.8 Å². The fourth-order valence-corrected chi connectivity index (χ4v) is 3.04. The molecule has 1 heterocycles. The number of nitrogens with one attached hydrogen (secondary N) is 1. The number of ether oxygens (including phenoxy) is 3. The molecular weight excluding hydrogens is 332 g/mol. The Balaban J connectivity index is 0.00000288. The maximum Gasteiger partial charge on any atom is 0.227 e. The van der Waals surface area contributed by atoms with Crippen LogP contribution in [0.1, 0.15) is 12.0 Å². The van der Waals surface area contributed by atoms with Crippen molar-refractivity contribution in [1.82, 2.24) is 10.2 Å². The number of hydrogen-bond acceptors (Lipinski definition) is 5. The number of nitrogens with zero attached hydrogens (tertiary/aromatic N) is 1. The Bertz CT molecular complexity index is 528. The molecule has 2 rings (SSSR count). The van der Waals surface area contributed by atoms with E-state index in [1.54, 1.807) is 21.3 Å². The lowest BCUT2D eigenvalue weighted by molar-refractivity contribution is -0.129. The summed E-state index contributed by atoms with van der Waals surface area (Å²) in [7, 11) is 6.66. The second-order valence-corrected chi connectivity index (χ2v) is 5.76. The fraction of sp³-hybridized carbons (Fsp3) is 0.588. The van der Waals surface area contributed by atoms with Gasteiger partial charge in [-0.2, -0.15) is 0 Å². The molecule has 6 nitrogen and oxygen atoms in total. The number of benzene rings is 1. The van der Waals surface area contributed by atoms with Gasteiger partial charge in [-0.3, -0.25) is 4.79 Å². The maximum absolute atomic E-state index is 12.5. The fourth-order valence-electron chi connectivity index (χ4n) is 3.04. The number of likely N-dealkylation sites (tertiary alicyclic amines) is 1. The number of carbonyl (C=O) groups is 1. The van der Waals surface area contributed by atoms with Crippen LogP contribution in [-0.2, 0) is 11.2 Å². The Kier molecular flexibility index (Phi) is 8.15. The van der Waals surface area contributed by atoms with Crippen LogP contribution in [0.15, 0.2) is 12.1 Å². The summed E-state index contributed by atoms with van der Waals surface area (Å²) in [4.78, 5) is 14.4. The lowest BCUT2D eigenvalue weighted by Crippen LogP contribution is -2.31. The summed E-state index contributed by atoms with van der Waals surface area (Å²) in [5.74, 6) is 2.37. The molecule has 1 aromatic carbocycles. The molecule has 1 atom stereocenters. The first-order valence-electron chi connectivity index (χ1n) is 7.84. The van der Waals surface area contributed by atoms with Gasteiger partial charge in [-0.15, -0.1) is 12.4 Å². The maximum atomic E-state index is 12.5. The number of amides is 1. The number of carbonyl (C=O) groups excluding carboxylic acids is 1. The van der Waals surface area contributed by atoms with Crippen LogP contribution in [0, 0.1) is 5.92 Å². The second kappa shape index (κ2) is 9.59. The van der Waals surface area contributed by atoms with Crippen LogP contribution in [0.5, 0.6) is 17.2 Å². The van der Waals surface area contributed by atoms with Crippen molar-refractivity contribution in [2.75, 3.05) is 48.0 Å². The minimum absolute atomic E-state index is 0. The summed E-state index contributed by atoms with van der Waals surface area (Å²) in [5, 5.41) is 3.18. The largest absolute Gasteiger partial charge is 0.493 e. The van der Waals surface area contributed by atoms with Crippen molar-refractivity contribution in [3.63, 3.8) is 0 Å². The van der Waals surface area contributed by atoms with Gasteiger partial charge in [0.1, 0.15) is 0 Å². The van der Waals surface area contributed by atoms with E-state index >= 15 is 0 Å². The number of hydrogen-bond donors (Lipinski definition) is 1. The molecule has 0 radical (unpaired) electrons. The monoisotopic (exact) mass is 358 g/mol. The van der Waals surface area contributed by atoms with Crippen molar-refractivity contribution in [2.24, 2.45) is 5.92 Å². The van der Waals surface area contributed by atoms with Crippen molar-refractivity contribution in [1.29, 1.82) is 0 Å². The van der Waals surface area contributed by atoms with Gasteiger partial charge in [0.15, 0.2) is 11.5 Å². The van der Waals surface area contributed by atoms with Crippen molar-refractivity contribution in [2.45, 2.75) is 12.8 Å². The zero-order valence-electron chi connectivity index (χ0n) is 14.8. The van der Waals surface area contributed by atoms with E-state index in [-0.39, 0.29) is 18.3 Å². The SMILES string of the molecule is CNCC1CCN(C(=O)Cc2cc(OC)c(OC)c(OC)c2)C1.Cl. The third-order valence-corrected chi connectivity index (χ3v) is 4.21. The molecule has 1 saturated heterocycles. The van der Waals surface area contributed by atoms with Gasteiger partial charge in [-0.25, -0.2) is 0 Å². The molecule has 1 aliphatic heterocycles. The second-order valence-electron chi connectivity index (χ2n) is 5.76. The summed E-state index contributed by atoms with van der Waals surface area (Å²) >= 11 is 0. The summed E-state index contributed by atoms with van der Waals surface area (Å²) in [6, 6.07) is 3.67. The van der Waals surface area contributed by atoms with E-state index in [1.165, 1.54) is 0 Å². The molecule has 0 bridgehead atoms. The van der Waals surface area contributed by atoms with E-state index in [1.807, 2.05) is 24.1 Å². The van der Waals surface area contributed by atoms with Crippen LogP contribution in [-0.4, -0.2) is 58.8 Å². The van der Waals surface area contributed by atoms with Gasteiger partial charge >= 0.3 is 0 Å². The highest BCUT2D eigenvalue weighted by atomic mass is 35.5. The van der Waals surface area contributed by atoms with Crippen LogP contribution in [0.25, 0.3) is 0 Å². The molecule has 0 saturated carbocycles. The number of halogens is 1. The average molecular weight is 359 g/mol. The Morgan fingerprint density at radius 3 is 2.33 bits per heavy atom. The van der Waals surface area contributed by atoms with Gasteiger partial charge in [0, 0.05) is 13.1 Å². The molecule has 1 amide bonds. The zero-order chi connectivity index (χ0) is 16.8. The molecule has 1 fully saturated rings. The topological polar surface area (TPSA) is 60.0 Å². The first kappa shape index (κ1) is 20.4. The molecular formula is C17H27ClN2O4. The number of methoxy groups -OCH3 is 3. The summed E-state index contributed by atoms with van der Waals surface area (Å²) in [6.07, 6.45) is 1.39. The first-order valence-corrected chi connectivity index (χ1v) is 7.84. The predicted molar refractivity (Wildman–Crippen MR) is 95.7 cm³/mol. The molecule has 0 aliphatic carbocycles. The Labute approximate surface area is 149 Å². The van der Waals surface area contributed by atoms with E-state index in [0.717, 1.165) is 31.6 Å². The van der Waals surface area contributed by atoms with Crippen molar-refractivity contribution < 1.29 is 19.0 Å². The third-order valence-electron chi connectivity index (χ3n) is 4.21. The van der Waals surface area contributed by atoms with Gasteiger partial charge in [0.25, 0.3) is 0 Å². The zero-order valence-corrected chi connectivity index (χ0v) is 15.6. The first-order chi connectivity index (χ1) is 11.1. The molecule has 1 unspecified atom stereocenters. The molecule has 7 heteroatoms. The van der Waals surface area contributed by atoms with E-state index < -0.39 is 0 Å². The minimum Gasteiger partial charge on any atom is -0.493 e. The third kappa shape index (κ3) is 4.68. The Morgan fingerprint density at radius 1 is 1.21 bits per heavy atom. The van der Waals surface area contributed by atoms with Crippen LogP contribution in [0.2, 0.25) is 0 Å². The average Bonchev–Trinajstić information content (AvgIpc) is 3.03. The van der Waals surface area contributed by atoms with Crippen LogP contribution >= 0.6 is 12.4 Å². The van der Waals surface area contributed by atoms with Gasteiger partial charge < -0.3 is 24.4 Å². The van der Waals surface area contributed by atoms with Crippen molar-refractivity contribution >= 4 is 18.3 Å². The van der Waals surface area contributed by atoms with E-state index in [2.05, 4.69) is 5.32 Å². The molecule has 1 aliphatic rings. The standard InChI is InChI=1S/C17H26N2O4.ClH/c1-18-10-12-5-6-19(11-12)16(20)9-13-7-14(21-2)17(23-4)15(8-13)22-3;/h7-8,12,18H,5-6,9-11H2,1-4H3;1H. The summed E-state index contributed by atoms with van der Waals surface area (Å²) in [5.41, 5.74) is 0.863. The van der Waals surface area contributed by atoms with Gasteiger partial charge in [0.2, 0.25) is 11.7 Å². The normalized spacial score (nSPS) is 16.5. The highest BCUT2D eigenvalue weighted by molar-refractivity contribution is 5.85. The van der Waals surface area contributed by atoms with Gasteiger partial charge in [-0.1, -0.05) is 0 Å². The Hall–Kier alpha value is -1.66. The molecule has 1 N–H and O–H groups in total. The van der Waals surface area contributed by atoms with Crippen LogP contribution in [0.3, 0.4) is 0 Å². The molecule has 1 aromatic rings.